The van der Waals surface area contributed by atoms with Crippen molar-refractivity contribution in [3.05, 3.63) is 47.8 Å². The zero-order chi connectivity index (χ0) is 14.1. The van der Waals surface area contributed by atoms with E-state index in [9.17, 15) is 4.79 Å². The Hall–Kier alpha value is -2.36. The van der Waals surface area contributed by atoms with E-state index in [2.05, 4.69) is 11.1 Å². The van der Waals surface area contributed by atoms with E-state index in [1.54, 1.807) is 17.3 Å². The van der Waals surface area contributed by atoms with E-state index in [4.69, 9.17) is 4.74 Å². The van der Waals surface area contributed by atoms with Crippen LogP contribution in [-0.2, 0) is 11.3 Å². The largest absolute Gasteiger partial charge is 0.446 e. The van der Waals surface area contributed by atoms with Crippen molar-refractivity contribution < 1.29 is 9.53 Å². The summed E-state index contributed by atoms with van der Waals surface area (Å²) >= 11 is 0. The zero-order valence-corrected chi connectivity index (χ0v) is 11.5. The Labute approximate surface area is 117 Å². The molecule has 0 saturated carbocycles. The van der Waals surface area contributed by atoms with Crippen LogP contribution in [0.3, 0.4) is 0 Å². The van der Waals surface area contributed by atoms with E-state index in [1.807, 2.05) is 38.1 Å². The van der Waals surface area contributed by atoms with Gasteiger partial charge in [-0.05, 0) is 49.2 Å². The van der Waals surface area contributed by atoms with E-state index in [1.165, 1.54) is 0 Å². The Balaban J connectivity index is 1.91. The van der Waals surface area contributed by atoms with Gasteiger partial charge in [0.25, 0.3) is 0 Å². The summed E-state index contributed by atoms with van der Waals surface area (Å²) < 4.78 is 5.22. The number of carbonyl (C=O) groups is 1. The summed E-state index contributed by atoms with van der Waals surface area (Å²) in [5, 5.41) is 1.08. The van der Waals surface area contributed by atoms with Gasteiger partial charge in [-0.15, -0.1) is 0 Å². The highest BCUT2D eigenvalue weighted by atomic mass is 16.6. The Morgan fingerprint density at radius 1 is 1.40 bits per heavy atom. The molecule has 0 saturated heterocycles. The van der Waals surface area contributed by atoms with Gasteiger partial charge in [0.1, 0.15) is 0 Å². The molecule has 2 heterocycles. The molecule has 102 valence electrons. The fraction of sp³-hybridized carbons (Fsp3) is 0.250. The lowest BCUT2D eigenvalue weighted by Gasteiger charge is -2.24. The summed E-state index contributed by atoms with van der Waals surface area (Å²) in [5.41, 5.74) is 3.17. The molecule has 1 amide bonds. The molecule has 1 aromatic heterocycles. The maximum Gasteiger partial charge on any atom is 0.414 e. The van der Waals surface area contributed by atoms with E-state index >= 15 is 0 Å². The molecule has 0 fully saturated rings. The summed E-state index contributed by atoms with van der Waals surface area (Å²) in [6, 6.07) is 8.07. The van der Waals surface area contributed by atoms with Crippen LogP contribution in [0.25, 0.3) is 17.0 Å². The van der Waals surface area contributed by atoms with Crippen molar-refractivity contribution in [3.63, 3.8) is 0 Å². The second-order valence-electron chi connectivity index (χ2n) is 5.12. The van der Waals surface area contributed by atoms with Crippen LogP contribution in [0.15, 0.2) is 36.7 Å². The van der Waals surface area contributed by atoms with Crippen molar-refractivity contribution in [2.24, 2.45) is 0 Å². The smallest absolute Gasteiger partial charge is 0.414 e. The Morgan fingerprint density at radius 2 is 2.25 bits per heavy atom. The van der Waals surface area contributed by atoms with Gasteiger partial charge in [-0.2, -0.15) is 0 Å². The van der Waals surface area contributed by atoms with Gasteiger partial charge < -0.3 is 4.74 Å². The van der Waals surface area contributed by atoms with Crippen molar-refractivity contribution in [3.8, 4) is 0 Å². The SMILES string of the molecule is CC(C)OC(=O)N1C=Cc2cc3ncccc3cc2C1. The maximum absolute atomic E-state index is 11.9. The fourth-order valence-corrected chi connectivity index (χ4v) is 2.28. The van der Waals surface area contributed by atoms with Crippen LogP contribution in [-0.4, -0.2) is 22.1 Å². The Bertz CT molecular complexity index is 692. The predicted molar refractivity (Wildman–Crippen MR) is 77.9 cm³/mol. The van der Waals surface area contributed by atoms with Crippen LogP contribution in [0, 0.1) is 0 Å². The number of aromatic nitrogens is 1. The molecule has 0 N–H and O–H groups in total. The van der Waals surface area contributed by atoms with Crippen molar-refractivity contribution >= 4 is 23.1 Å². The van der Waals surface area contributed by atoms with Crippen molar-refractivity contribution in [1.82, 2.24) is 9.88 Å². The minimum absolute atomic E-state index is 0.113. The first kappa shape index (κ1) is 12.7. The van der Waals surface area contributed by atoms with Gasteiger partial charge in [0, 0.05) is 17.8 Å². The first-order valence-corrected chi connectivity index (χ1v) is 6.66. The molecule has 4 nitrogen and oxygen atoms in total. The van der Waals surface area contributed by atoms with Crippen LogP contribution in [0.2, 0.25) is 0 Å². The molecule has 0 spiro atoms. The van der Waals surface area contributed by atoms with Crippen molar-refractivity contribution in [1.29, 1.82) is 0 Å². The van der Waals surface area contributed by atoms with Gasteiger partial charge >= 0.3 is 6.09 Å². The average molecular weight is 268 g/mol. The highest BCUT2D eigenvalue weighted by molar-refractivity contribution is 5.83. The number of benzene rings is 1. The van der Waals surface area contributed by atoms with Crippen molar-refractivity contribution in [2.75, 3.05) is 0 Å². The zero-order valence-electron chi connectivity index (χ0n) is 11.5. The number of hydrogen-bond donors (Lipinski definition) is 0. The lowest BCUT2D eigenvalue weighted by atomic mass is 10.0. The minimum Gasteiger partial charge on any atom is -0.446 e. The third-order valence-electron chi connectivity index (χ3n) is 3.21. The van der Waals surface area contributed by atoms with Crippen LogP contribution >= 0.6 is 0 Å². The molecular formula is C16H16N2O2. The van der Waals surface area contributed by atoms with E-state index < -0.39 is 0 Å². The van der Waals surface area contributed by atoms with Gasteiger partial charge in [-0.25, -0.2) is 4.79 Å². The van der Waals surface area contributed by atoms with Gasteiger partial charge in [-0.1, -0.05) is 6.07 Å². The molecule has 0 radical (unpaired) electrons. The third-order valence-corrected chi connectivity index (χ3v) is 3.21. The molecule has 1 aromatic carbocycles. The highest BCUT2D eigenvalue weighted by Gasteiger charge is 2.19. The topological polar surface area (TPSA) is 42.4 Å². The van der Waals surface area contributed by atoms with Crippen LogP contribution < -0.4 is 0 Å². The molecule has 0 bridgehead atoms. The summed E-state index contributed by atoms with van der Waals surface area (Å²) in [5.74, 6) is 0. The highest BCUT2D eigenvalue weighted by Crippen LogP contribution is 2.25. The number of rotatable bonds is 1. The van der Waals surface area contributed by atoms with Gasteiger partial charge in [0.05, 0.1) is 18.2 Å². The molecule has 0 atom stereocenters. The molecule has 4 heteroatoms. The van der Waals surface area contributed by atoms with Gasteiger partial charge in [-0.3, -0.25) is 9.88 Å². The number of carbonyl (C=O) groups excluding carboxylic acids is 1. The monoisotopic (exact) mass is 268 g/mol. The van der Waals surface area contributed by atoms with Gasteiger partial charge in [0.2, 0.25) is 0 Å². The number of hydrogen-bond acceptors (Lipinski definition) is 3. The first-order valence-electron chi connectivity index (χ1n) is 6.66. The van der Waals surface area contributed by atoms with Crippen molar-refractivity contribution in [2.45, 2.75) is 26.5 Å². The summed E-state index contributed by atoms with van der Waals surface area (Å²) in [4.78, 5) is 17.9. The molecule has 2 aromatic rings. The van der Waals surface area contributed by atoms with E-state index in [-0.39, 0.29) is 12.2 Å². The normalized spacial score (nSPS) is 13.7. The fourth-order valence-electron chi connectivity index (χ4n) is 2.28. The average Bonchev–Trinajstić information content (AvgIpc) is 2.43. The lowest BCUT2D eigenvalue weighted by molar-refractivity contribution is 0.0875. The van der Waals surface area contributed by atoms with Gasteiger partial charge in [0.15, 0.2) is 0 Å². The quantitative estimate of drug-likeness (QED) is 0.794. The van der Waals surface area contributed by atoms with E-state index in [0.29, 0.717) is 6.54 Å². The molecule has 0 unspecified atom stereocenters. The number of pyridine rings is 1. The predicted octanol–water partition coefficient (Wildman–Crippen LogP) is 3.57. The molecule has 1 aliphatic heterocycles. The maximum atomic E-state index is 11.9. The lowest BCUT2D eigenvalue weighted by Crippen LogP contribution is -2.29. The molecular weight excluding hydrogens is 252 g/mol. The Kier molecular flexibility index (Phi) is 3.14. The molecule has 20 heavy (non-hydrogen) atoms. The number of nitrogens with zero attached hydrogens (tertiary/aromatic N) is 2. The summed E-state index contributed by atoms with van der Waals surface area (Å²) in [7, 11) is 0. The first-order chi connectivity index (χ1) is 9.63. The number of fused-ring (bicyclic) bond motifs is 2. The standard InChI is InChI=1S/C16H16N2O2/c1-11(2)20-16(19)18-7-5-12-9-15-13(4-3-6-17-15)8-14(12)10-18/h3-9,11H,10H2,1-2H3. The van der Waals surface area contributed by atoms with Crippen LogP contribution in [0.5, 0.6) is 0 Å². The molecule has 1 aliphatic rings. The minimum atomic E-state index is -0.312. The molecule has 0 aliphatic carbocycles. The molecule has 3 rings (SSSR count). The van der Waals surface area contributed by atoms with Crippen LogP contribution in [0.1, 0.15) is 25.0 Å². The Morgan fingerprint density at radius 3 is 3.05 bits per heavy atom. The summed E-state index contributed by atoms with van der Waals surface area (Å²) in [6.07, 6.45) is 5.05. The van der Waals surface area contributed by atoms with E-state index in [0.717, 1.165) is 22.0 Å². The van der Waals surface area contributed by atoms with Crippen LogP contribution in [0.4, 0.5) is 4.79 Å². The summed E-state index contributed by atoms with van der Waals surface area (Å²) in [6.45, 7) is 4.22. The number of ether oxygens (including phenoxy) is 1. The second kappa shape index (κ2) is 4.96. The third kappa shape index (κ3) is 2.37. The number of amides is 1. The second-order valence-corrected chi connectivity index (χ2v) is 5.12.